The van der Waals surface area contributed by atoms with Gasteiger partial charge in [-0.15, -0.1) is 0 Å². The second kappa shape index (κ2) is 11.7. The molecule has 198 valence electrons. The maximum Gasteiger partial charge on any atom is 0.341 e. The minimum atomic E-state index is -0.707. The van der Waals surface area contributed by atoms with Crippen LogP contribution in [-0.2, 0) is 16.0 Å². The van der Waals surface area contributed by atoms with E-state index in [4.69, 9.17) is 26.1 Å². The summed E-state index contributed by atoms with van der Waals surface area (Å²) in [6, 6.07) is 11.5. The van der Waals surface area contributed by atoms with Crippen LogP contribution < -0.4 is 11.0 Å². The zero-order valence-corrected chi connectivity index (χ0v) is 22.5. The number of fused-ring (bicyclic) bond motifs is 2. The van der Waals surface area contributed by atoms with Crippen molar-refractivity contribution in [1.82, 2.24) is 14.0 Å². The van der Waals surface area contributed by atoms with Crippen molar-refractivity contribution in [1.29, 1.82) is 0 Å². The Morgan fingerprint density at radius 2 is 1.87 bits per heavy atom. The SMILES string of the molecule is CCOC(=O)c1cc2c(=O)n3cccc(C)c3nc2n(CCCOC(C)C)c1=NC(=O)c1ccccc1Cl. The Balaban J connectivity index is 2.07. The summed E-state index contributed by atoms with van der Waals surface area (Å²) in [6.45, 7) is 8.20. The highest BCUT2D eigenvalue weighted by Gasteiger charge is 2.21. The fraction of sp³-hybridized carbons (Fsp3) is 0.321. The van der Waals surface area contributed by atoms with Crippen LogP contribution in [0.25, 0.3) is 16.7 Å². The Morgan fingerprint density at radius 1 is 1.11 bits per heavy atom. The predicted octanol–water partition coefficient (Wildman–Crippen LogP) is 4.34. The minimum absolute atomic E-state index is 0.0176. The lowest BCUT2D eigenvalue weighted by molar-refractivity contribution is 0.0523. The van der Waals surface area contributed by atoms with E-state index in [0.717, 1.165) is 5.56 Å². The number of nitrogens with zero attached hydrogens (tertiary/aromatic N) is 4. The normalized spacial score (nSPS) is 12.0. The second-order valence-corrected chi connectivity index (χ2v) is 9.37. The number of halogens is 1. The van der Waals surface area contributed by atoms with Gasteiger partial charge in [-0.05, 0) is 63.9 Å². The summed E-state index contributed by atoms with van der Waals surface area (Å²) < 4.78 is 14.0. The molecule has 3 heterocycles. The average molecular weight is 537 g/mol. The number of aromatic nitrogens is 3. The highest BCUT2D eigenvalue weighted by atomic mass is 35.5. The highest BCUT2D eigenvalue weighted by Crippen LogP contribution is 2.17. The Kier molecular flexibility index (Phi) is 8.38. The van der Waals surface area contributed by atoms with Gasteiger partial charge in [0.15, 0.2) is 5.49 Å². The molecule has 38 heavy (non-hydrogen) atoms. The maximum atomic E-state index is 13.6. The molecule has 1 amide bonds. The molecule has 9 nitrogen and oxygen atoms in total. The van der Waals surface area contributed by atoms with Crippen LogP contribution in [0, 0.1) is 6.92 Å². The van der Waals surface area contributed by atoms with Crippen molar-refractivity contribution in [2.24, 2.45) is 4.99 Å². The summed E-state index contributed by atoms with van der Waals surface area (Å²) in [5, 5.41) is 0.430. The van der Waals surface area contributed by atoms with Crippen molar-refractivity contribution >= 4 is 40.2 Å². The Hall–Kier alpha value is -3.82. The third kappa shape index (κ3) is 5.54. The molecule has 0 radical (unpaired) electrons. The Bertz CT molecular complexity index is 1660. The summed E-state index contributed by atoms with van der Waals surface area (Å²) in [6.07, 6.45) is 2.17. The highest BCUT2D eigenvalue weighted by molar-refractivity contribution is 6.33. The number of esters is 1. The first kappa shape index (κ1) is 27.2. The number of ether oxygens (including phenoxy) is 2. The lowest BCUT2D eigenvalue weighted by Gasteiger charge is -2.16. The third-order valence-electron chi connectivity index (χ3n) is 5.89. The first-order chi connectivity index (χ1) is 18.2. The summed E-state index contributed by atoms with van der Waals surface area (Å²) in [4.78, 5) is 49.1. The van der Waals surface area contributed by atoms with E-state index in [9.17, 15) is 14.4 Å². The van der Waals surface area contributed by atoms with Crippen molar-refractivity contribution in [2.75, 3.05) is 13.2 Å². The third-order valence-corrected chi connectivity index (χ3v) is 6.22. The number of aryl methyl sites for hydroxylation is 2. The molecule has 0 aliphatic heterocycles. The molecule has 0 aliphatic carbocycles. The van der Waals surface area contributed by atoms with Gasteiger partial charge in [-0.1, -0.05) is 29.8 Å². The van der Waals surface area contributed by atoms with Gasteiger partial charge in [0.25, 0.3) is 11.5 Å². The molecule has 4 rings (SSSR count). The van der Waals surface area contributed by atoms with Gasteiger partial charge >= 0.3 is 5.97 Å². The van der Waals surface area contributed by atoms with Crippen LogP contribution >= 0.6 is 11.6 Å². The average Bonchev–Trinajstić information content (AvgIpc) is 2.88. The lowest BCUT2D eigenvalue weighted by Crippen LogP contribution is -2.33. The molecule has 0 unspecified atom stereocenters. The molecular formula is C28H29ClN4O5. The van der Waals surface area contributed by atoms with E-state index in [-0.39, 0.29) is 51.8 Å². The van der Waals surface area contributed by atoms with Crippen LogP contribution in [0.15, 0.2) is 58.4 Å². The topological polar surface area (TPSA) is 104 Å². The van der Waals surface area contributed by atoms with Gasteiger partial charge in [0.2, 0.25) is 0 Å². The minimum Gasteiger partial charge on any atom is -0.462 e. The molecule has 4 aromatic rings. The van der Waals surface area contributed by atoms with Crippen molar-refractivity contribution < 1.29 is 19.1 Å². The first-order valence-electron chi connectivity index (χ1n) is 12.4. The fourth-order valence-corrected chi connectivity index (χ4v) is 4.33. The van der Waals surface area contributed by atoms with E-state index in [1.54, 1.807) is 48.0 Å². The van der Waals surface area contributed by atoms with E-state index < -0.39 is 11.9 Å². The summed E-state index contributed by atoms with van der Waals surface area (Å²) in [7, 11) is 0. The van der Waals surface area contributed by atoms with Crippen LogP contribution in [0.4, 0.5) is 0 Å². The molecule has 3 aromatic heterocycles. The summed E-state index contributed by atoms with van der Waals surface area (Å²) in [5.74, 6) is -1.35. The van der Waals surface area contributed by atoms with Gasteiger partial charge in [0.1, 0.15) is 16.9 Å². The molecule has 0 atom stereocenters. The van der Waals surface area contributed by atoms with Crippen LogP contribution in [-0.4, -0.2) is 45.1 Å². The molecule has 0 fully saturated rings. The van der Waals surface area contributed by atoms with Crippen LogP contribution in [0.3, 0.4) is 0 Å². The molecule has 0 N–H and O–H groups in total. The lowest BCUT2D eigenvalue weighted by atomic mass is 10.2. The molecule has 0 saturated carbocycles. The van der Waals surface area contributed by atoms with Gasteiger partial charge in [-0.3, -0.25) is 14.0 Å². The van der Waals surface area contributed by atoms with Crippen molar-refractivity contribution in [3.63, 3.8) is 0 Å². The molecular weight excluding hydrogens is 508 g/mol. The molecule has 0 aliphatic rings. The molecule has 1 aromatic carbocycles. The summed E-state index contributed by atoms with van der Waals surface area (Å²) >= 11 is 6.26. The number of carbonyl (C=O) groups is 2. The standard InChI is InChI=1S/C28H29ClN4O5/c1-5-37-28(36)21-16-20-24(30-23-18(4)10-8-13-33(23)27(20)35)32(14-9-15-38-17(2)3)25(21)31-26(34)19-11-6-7-12-22(19)29/h6-8,10-13,16-17H,5,9,14-15H2,1-4H3. The Labute approximate surface area is 224 Å². The molecule has 0 saturated heterocycles. The van der Waals surface area contributed by atoms with Gasteiger partial charge in [-0.25, -0.2) is 9.78 Å². The van der Waals surface area contributed by atoms with Crippen LogP contribution in [0.1, 0.15) is 53.5 Å². The molecule has 0 spiro atoms. The number of hydrogen-bond acceptors (Lipinski definition) is 6. The number of pyridine rings is 2. The van der Waals surface area contributed by atoms with E-state index >= 15 is 0 Å². The smallest absolute Gasteiger partial charge is 0.341 e. The number of benzene rings is 1. The molecule has 10 heteroatoms. The van der Waals surface area contributed by atoms with E-state index in [0.29, 0.717) is 24.3 Å². The first-order valence-corrected chi connectivity index (χ1v) is 12.8. The number of amides is 1. The summed E-state index contributed by atoms with van der Waals surface area (Å²) in [5.41, 5.74) is 1.40. The van der Waals surface area contributed by atoms with Crippen LogP contribution in [0.5, 0.6) is 0 Å². The van der Waals surface area contributed by atoms with Gasteiger partial charge in [-0.2, -0.15) is 4.99 Å². The second-order valence-electron chi connectivity index (χ2n) is 8.96. The largest absolute Gasteiger partial charge is 0.462 e. The predicted molar refractivity (Wildman–Crippen MR) is 145 cm³/mol. The number of hydrogen-bond donors (Lipinski definition) is 0. The van der Waals surface area contributed by atoms with E-state index in [1.165, 1.54) is 10.5 Å². The number of carbonyl (C=O) groups excluding carboxylic acids is 2. The van der Waals surface area contributed by atoms with Gasteiger partial charge in [0, 0.05) is 19.3 Å². The monoisotopic (exact) mass is 536 g/mol. The van der Waals surface area contributed by atoms with Gasteiger partial charge in [0.05, 0.1) is 28.7 Å². The Morgan fingerprint density at radius 3 is 2.58 bits per heavy atom. The van der Waals surface area contributed by atoms with Gasteiger partial charge < -0.3 is 14.0 Å². The van der Waals surface area contributed by atoms with E-state index in [1.807, 2.05) is 26.8 Å². The number of rotatable bonds is 8. The van der Waals surface area contributed by atoms with E-state index in [2.05, 4.69) is 4.99 Å². The van der Waals surface area contributed by atoms with Crippen LogP contribution in [0.2, 0.25) is 5.02 Å². The fourth-order valence-electron chi connectivity index (χ4n) is 4.11. The zero-order valence-electron chi connectivity index (χ0n) is 21.7. The van der Waals surface area contributed by atoms with Crippen molar-refractivity contribution in [2.45, 2.75) is 46.8 Å². The molecule has 0 bridgehead atoms. The van der Waals surface area contributed by atoms with Crippen molar-refractivity contribution in [3.05, 3.63) is 86.2 Å². The quantitative estimate of drug-likeness (QED) is 0.188. The zero-order chi connectivity index (χ0) is 27.4. The maximum absolute atomic E-state index is 13.6. The van der Waals surface area contributed by atoms with Crippen molar-refractivity contribution in [3.8, 4) is 0 Å².